The zero-order chi connectivity index (χ0) is 13.1. The van der Waals surface area contributed by atoms with E-state index in [1.54, 1.807) is 0 Å². The Labute approximate surface area is 113 Å². The van der Waals surface area contributed by atoms with E-state index in [9.17, 15) is 0 Å². The molecule has 0 spiro atoms. The predicted molar refractivity (Wildman–Crippen MR) is 73.2 cm³/mol. The quantitative estimate of drug-likeness (QED) is 0.281. The molecule has 0 saturated carbocycles. The Morgan fingerprint density at radius 3 is 1.68 bits per heavy atom. The van der Waals surface area contributed by atoms with Crippen LogP contribution in [0.15, 0.2) is 0 Å². The highest BCUT2D eigenvalue weighted by Gasteiger charge is 2.33. The van der Waals surface area contributed by atoms with E-state index in [0.717, 1.165) is 25.7 Å². The van der Waals surface area contributed by atoms with Crippen molar-refractivity contribution in [2.24, 2.45) is 11.8 Å². The van der Waals surface area contributed by atoms with Crippen molar-refractivity contribution >= 4 is 0 Å². The molecule has 0 aromatic heterocycles. The molecule has 0 saturated heterocycles. The fraction of sp³-hybridized carbons (Fsp3) is 1.00. The van der Waals surface area contributed by atoms with Crippen LogP contribution in [-0.4, -0.2) is 40.7 Å². The summed E-state index contributed by atoms with van der Waals surface area (Å²) >= 11 is 0. The van der Waals surface area contributed by atoms with Crippen LogP contribution in [-0.2, 0) is 0 Å². The Kier molecular flexibility index (Phi) is 17.6. The minimum absolute atomic E-state index is 0. The summed E-state index contributed by atoms with van der Waals surface area (Å²) in [6.07, 6.45) is 4.60. The third kappa shape index (κ3) is 8.43. The molecule has 0 bridgehead atoms. The molecule has 0 aromatic carbocycles. The van der Waals surface area contributed by atoms with Gasteiger partial charge in [-0.2, -0.15) is 0 Å². The van der Waals surface area contributed by atoms with Crippen molar-refractivity contribution in [1.82, 2.24) is 5.43 Å². The lowest BCUT2D eigenvalue weighted by atomic mass is 9.76. The van der Waals surface area contributed by atoms with Crippen molar-refractivity contribution in [2.75, 3.05) is 19.8 Å². The van der Waals surface area contributed by atoms with E-state index in [0.29, 0.717) is 18.8 Å². The number of hydrazine groups is 1. The molecule has 0 heterocycles. The van der Waals surface area contributed by atoms with Crippen molar-refractivity contribution in [1.29, 1.82) is 0 Å². The monoisotopic (exact) mass is 288 g/mol. The molecule has 120 valence electrons. The van der Waals surface area contributed by atoms with Gasteiger partial charge in [-0.25, -0.2) is 0 Å². The topological polar surface area (TPSA) is 98.7 Å². The molecular formula is C12H30F2N2O3. The number of aliphatic hydroxyl groups is 3. The molecule has 0 radical (unpaired) electrons. The van der Waals surface area contributed by atoms with Crippen molar-refractivity contribution in [3.05, 3.63) is 0 Å². The van der Waals surface area contributed by atoms with Crippen LogP contribution in [0.4, 0.5) is 9.41 Å². The third-order valence-corrected chi connectivity index (χ3v) is 3.59. The van der Waals surface area contributed by atoms with E-state index in [2.05, 4.69) is 12.3 Å². The molecule has 19 heavy (non-hydrogen) atoms. The average molecular weight is 288 g/mol. The Bertz CT molecular complexity index is 180. The number of halogens is 2. The standard InChI is InChI=1S/C12H28N2O3.2FH/c1-11(5-2-8-15)12(14-13,6-3-9-16)7-4-10-17;;/h11,14-17H,2-10,13H2,1H3;2*1H. The lowest BCUT2D eigenvalue weighted by molar-refractivity contribution is 0.139. The van der Waals surface area contributed by atoms with Gasteiger partial charge in [0.2, 0.25) is 0 Å². The minimum Gasteiger partial charge on any atom is -0.396 e. The second-order valence-corrected chi connectivity index (χ2v) is 4.72. The van der Waals surface area contributed by atoms with Gasteiger partial charge in [0.25, 0.3) is 0 Å². The average Bonchev–Trinajstić information content (AvgIpc) is 2.37. The Hall–Kier alpha value is -0.340. The molecule has 0 amide bonds. The smallest absolute Gasteiger partial charge is 0.0431 e. The minimum atomic E-state index is -0.249. The Balaban J connectivity index is -0.00000128. The molecule has 1 atom stereocenters. The zero-order valence-electron chi connectivity index (χ0n) is 11.7. The first-order valence-electron chi connectivity index (χ1n) is 6.47. The first-order chi connectivity index (χ1) is 8.16. The van der Waals surface area contributed by atoms with Gasteiger partial charge in [-0.15, -0.1) is 0 Å². The SMILES string of the molecule is CC(CCCO)C(CCCO)(CCCO)NN.F.F. The van der Waals surface area contributed by atoms with E-state index >= 15 is 0 Å². The zero-order valence-corrected chi connectivity index (χ0v) is 11.7. The first kappa shape index (κ1) is 23.7. The number of nitrogens with two attached hydrogens (primary N) is 1. The van der Waals surface area contributed by atoms with Gasteiger partial charge in [-0.3, -0.25) is 20.7 Å². The van der Waals surface area contributed by atoms with Crippen LogP contribution < -0.4 is 11.3 Å². The summed E-state index contributed by atoms with van der Waals surface area (Å²) in [4.78, 5) is 0. The van der Waals surface area contributed by atoms with Gasteiger partial charge in [0.05, 0.1) is 0 Å². The van der Waals surface area contributed by atoms with Crippen LogP contribution in [0.2, 0.25) is 0 Å². The summed E-state index contributed by atoms with van der Waals surface area (Å²) in [7, 11) is 0. The van der Waals surface area contributed by atoms with Gasteiger partial charge in [0.15, 0.2) is 0 Å². The normalized spacial score (nSPS) is 12.5. The van der Waals surface area contributed by atoms with Crippen LogP contribution in [0.25, 0.3) is 0 Å². The van der Waals surface area contributed by atoms with Crippen LogP contribution in [0.5, 0.6) is 0 Å². The van der Waals surface area contributed by atoms with Gasteiger partial charge in [0.1, 0.15) is 0 Å². The highest BCUT2D eigenvalue weighted by Crippen LogP contribution is 2.30. The van der Waals surface area contributed by atoms with E-state index in [-0.39, 0.29) is 34.8 Å². The number of hydrogen-bond acceptors (Lipinski definition) is 5. The van der Waals surface area contributed by atoms with Gasteiger partial charge >= 0.3 is 0 Å². The molecule has 0 rings (SSSR count). The fourth-order valence-corrected chi connectivity index (χ4v) is 2.37. The Morgan fingerprint density at radius 2 is 1.37 bits per heavy atom. The van der Waals surface area contributed by atoms with Crippen LogP contribution in [0, 0.1) is 5.92 Å². The maximum atomic E-state index is 8.95. The summed E-state index contributed by atoms with van der Waals surface area (Å²) in [6.45, 7) is 2.58. The molecule has 0 aromatic rings. The molecule has 0 aliphatic heterocycles. The molecule has 0 aliphatic carbocycles. The lowest BCUT2D eigenvalue weighted by Gasteiger charge is -2.39. The number of hydrogen-bond donors (Lipinski definition) is 5. The van der Waals surface area contributed by atoms with Crippen molar-refractivity contribution < 1.29 is 24.7 Å². The molecule has 0 aliphatic rings. The first-order valence-corrected chi connectivity index (χ1v) is 6.47. The van der Waals surface area contributed by atoms with Crippen LogP contribution >= 0.6 is 0 Å². The summed E-state index contributed by atoms with van der Waals surface area (Å²) < 4.78 is 0. The maximum Gasteiger partial charge on any atom is 0.0431 e. The second kappa shape index (κ2) is 14.1. The molecule has 7 heteroatoms. The molecule has 1 unspecified atom stereocenters. The number of aliphatic hydroxyl groups excluding tert-OH is 3. The predicted octanol–water partition coefficient (Wildman–Crippen LogP) is 0.447. The third-order valence-electron chi connectivity index (χ3n) is 3.59. The summed E-state index contributed by atoms with van der Waals surface area (Å²) in [5.41, 5.74) is 2.64. The second-order valence-electron chi connectivity index (χ2n) is 4.72. The maximum absolute atomic E-state index is 8.95. The molecule has 0 fully saturated rings. The highest BCUT2D eigenvalue weighted by atomic mass is 19.0. The fourth-order valence-electron chi connectivity index (χ4n) is 2.37. The van der Waals surface area contributed by atoms with E-state index in [4.69, 9.17) is 21.2 Å². The van der Waals surface area contributed by atoms with Crippen molar-refractivity contribution in [3.63, 3.8) is 0 Å². The number of nitrogens with one attached hydrogen (secondary N) is 1. The summed E-state index contributed by atoms with van der Waals surface area (Å²) in [5.74, 6) is 5.99. The largest absolute Gasteiger partial charge is 0.396 e. The summed E-state index contributed by atoms with van der Waals surface area (Å²) in [5, 5.41) is 26.8. The molecule has 5 nitrogen and oxygen atoms in total. The van der Waals surface area contributed by atoms with Gasteiger partial charge in [-0.05, 0) is 44.4 Å². The van der Waals surface area contributed by atoms with E-state index in [1.165, 1.54) is 0 Å². The van der Waals surface area contributed by atoms with Gasteiger partial charge in [0, 0.05) is 25.4 Å². The molecular weight excluding hydrogens is 258 g/mol. The van der Waals surface area contributed by atoms with Crippen LogP contribution in [0.3, 0.4) is 0 Å². The lowest BCUT2D eigenvalue weighted by Crippen LogP contribution is -2.54. The van der Waals surface area contributed by atoms with Crippen LogP contribution in [0.1, 0.15) is 45.4 Å². The summed E-state index contributed by atoms with van der Waals surface area (Å²) in [6, 6.07) is 0. The highest BCUT2D eigenvalue weighted by molar-refractivity contribution is 4.90. The Morgan fingerprint density at radius 1 is 0.947 bits per heavy atom. The molecule has 6 N–H and O–H groups in total. The van der Waals surface area contributed by atoms with E-state index in [1.807, 2.05) is 0 Å². The van der Waals surface area contributed by atoms with Crippen molar-refractivity contribution in [3.8, 4) is 0 Å². The van der Waals surface area contributed by atoms with Gasteiger partial charge < -0.3 is 15.3 Å². The number of rotatable bonds is 11. The van der Waals surface area contributed by atoms with Gasteiger partial charge in [-0.1, -0.05) is 6.92 Å². The van der Waals surface area contributed by atoms with Crippen molar-refractivity contribution in [2.45, 2.75) is 51.0 Å². The van der Waals surface area contributed by atoms with E-state index < -0.39 is 0 Å².